The molecule has 0 amide bonds. The molecule has 0 spiro atoms. The molecule has 0 aliphatic heterocycles. The lowest BCUT2D eigenvalue weighted by Crippen LogP contribution is -2.25. The number of nitrogens with one attached hydrogen (secondary N) is 1. The second-order valence-electron chi connectivity index (χ2n) is 6.80. The Bertz CT molecular complexity index is 605. The number of H-pyrrole nitrogens is 1. The van der Waals surface area contributed by atoms with Crippen LogP contribution in [0, 0.1) is 11.8 Å². The van der Waals surface area contributed by atoms with Gasteiger partial charge in [0.05, 0.1) is 5.69 Å². The van der Waals surface area contributed by atoms with Gasteiger partial charge in [-0.3, -0.25) is 9.89 Å². The molecule has 1 heterocycles. The van der Waals surface area contributed by atoms with Crippen molar-refractivity contribution < 1.29 is 4.79 Å². The van der Waals surface area contributed by atoms with E-state index in [-0.39, 0.29) is 0 Å². The number of Topliss-reactive ketones (excluding diaryl/α,β-unsaturated/α-hetero) is 1. The molecule has 0 radical (unpaired) electrons. The Balaban J connectivity index is 0.00000163. The molecule has 0 saturated heterocycles. The molecular formula is C23H36N2O. The summed E-state index contributed by atoms with van der Waals surface area (Å²) in [5, 5.41) is 7.36. The van der Waals surface area contributed by atoms with Crippen molar-refractivity contribution in [3.8, 4) is 0 Å². The second-order valence-corrected chi connectivity index (χ2v) is 6.80. The molecule has 1 aromatic rings. The van der Waals surface area contributed by atoms with Crippen LogP contribution in [-0.2, 0) is 11.2 Å². The van der Waals surface area contributed by atoms with Crippen molar-refractivity contribution in [2.24, 2.45) is 11.8 Å². The van der Waals surface area contributed by atoms with Crippen molar-refractivity contribution in [1.29, 1.82) is 0 Å². The molecule has 3 nitrogen and oxygen atoms in total. The van der Waals surface area contributed by atoms with Gasteiger partial charge in [-0.25, -0.2) is 0 Å². The van der Waals surface area contributed by atoms with Gasteiger partial charge in [0.15, 0.2) is 0 Å². The molecule has 1 unspecified atom stereocenters. The second kappa shape index (κ2) is 12.5. The Morgan fingerprint density at radius 3 is 2.69 bits per heavy atom. The highest BCUT2D eigenvalue weighted by molar-refractivity contribution is 5.81. The molecule has 1 saturated carbocycles. The fourth-order valence-corrected chi connectivity index (χ4v) is 3.50. The summed E-state index contributed by atoms with van der Waals surface area (Å²) in [5.41, 5.74) is 2.76. The Morgan fingerprint density at radius 2 is 2.15 bits per heavy atom. The highest BCUT2D eigenvalue weighted by Crippen LogP contribution is 2.37. The van der Waals surface area contributed by atoms with Crippen LogP contribution < -0.4 is 0 Å². The van der Waals surface area contributed by atoms with Crippen LogP contribution >= 0.6 is 0 Å². The van der Waals surface area contributed by atoms with Crippen LogP contribution in [0.5, 0.6) is 0 Å². The lowest BCUT2D eigenvalue weighted by Gasteiger charge is -2.33. The molecule has 1 aliphatic carbocycles. The molecule has 0 bridgehead atoms. The topological polar surface area (TPSA) is 45.8 Å². The van der Waals surface area contributed by atoms with Gasteiger partial charge in [-0.1, -0.05) is 83.8 Å². The zero-order valence-corrected chi connectivity index (χ0v) is 17.1. The average molecular weight is 357 g/mol. The Kier molecular flexibility index (Phi) is 10.6. The van der Waals surface area contributed by atoms with E-state index < -0.39 is 0 Å². The third-order valence-corrected chi connectivity index (χ3v) is 4.92. The summed E-state index contributed by atoms with van der Waals surface area (Å²) in [4.78, 5) is 12.5. The van der Waals surface area contributed by atoms with Crippen LogP contribution in [0.4, 0.5) is 0 Å². The first-order valence-electron chi connectivity index (χ1n) is 10.2. The number of aromatic amines is 1. The first-order chi connectivity index (χ1) is 12.7. The number of carbonyl (C=O) groups is 1. The lowest BCUT2D eigenvalue weighted by atomic mass is 9.72. The number of allylic oxidation sites excluding steroid dienone is 5. The third kappa shape index (κ3) is 6.78. The van der Waals surface area contributed by atoms with E-state index in [1.54, 1.807) is 6.08 Å². The van der Waals surface area contributed by atoms with E-state index >= 15 is 0 Å². The zero-order valence-electron chi connectivity index (χ0n) is 17.1. The highest BCUT2D eigenvalue weighted by atomic mass is 16.1. The van der Waals surface area contributed by atoms with Gasteiger partial charge in [-0.05, 0) is 24.8 Å². The van der Waals surface area contributed by atoms with E-state index in [4.69, 9.17) is 0 Å². The molecule has 144 valence electrons. The van der Waals surface area contributed by atoms with Crippen LogP contribution in [0.25, 0.3) is 5.57 Å². The number of carbonyl (C=O) groups excluding carboxylic acids is 1. The quantitative estimate of drug-likeness (QED) is 0.500. The Labute approximate surface area is 159 Å². The zero-order chi connectivity index (χ0) is 19.4. The minimum absolute atomic E-state index is 0.329. The molecule has 3 heteroatoms. The first-order valence-corrected chi connectivity index (χ1v) is 10.2. The van der Waals surface area contributed by atoms with E-state index in [9.17, 15) is 4.79 Å². The summed E-state index contributed by atoms with van der Waals surface area (Å²) >= 11 is 0. The van der Waals surface area contributed by atoms with E-state index in [0.717, 1.165) is 29.3 Å². The molecule has 26 heavy (non-hydrogen) atoms. The van der Waals surface area contributed by atoms with Crippen molar-refractivity contribution in [3.05, 3.63) is 48.3 Å². The number of ketones is 1. The number of hydrogen-bond donors (Lipinski definition) is 1. The number of hydrogen-bond acceptors (Lipinski definition) is 2. The fraction of sp³-hybridized carbons (Fsp3) is 0.565. The standard InChI is InChI=1S/C21H30N2O.C2H6/c1-4-8-17(9-5-2)21-15-19(22-23-21)14-20(24)13-18(10-6-3)16-11-7-12-16;1-2/h4-5,8-9,15-16,18H,1,6-7,10-14H2,2-3H3,(H,22,23);1-2H3/b9-5-,17-8+;. The van der Waals surface area contributed by atoms with E-state index in [1.807, 2.05) is 45.1 Å². The van der Waals surface area contributed by atoms with Crippen molar-refractivity contribution in [1.82, 2.24) is 10.2 Å². The molecule has 1 atom stereocenters. The molecule has 0 aromatic carbocycles. The number of nitrogens with zero attached hydrogens (tertiary/aromatic N) is 1. The first kappa shape index (κ1) is 22.1. The maximum Gasteiger partial charge on any atom is 0.139 e. The van der Waals surface area contributed by atoms with Crippen molar-refractivity contribution in [2.75, 3.05) is 0 Å². The maximum atomic E-state index is 12.5. The summed E-state index contributed by atoms with van der Waals surface area (Å²) in [6.45, 7) is 11.9. The van der Waals surface area contributed by atoms with Gasteiger partial charge in [0, 0.05) is 24.1 Å². The summed E-state index contributed by atoms with van der Waals surface area (Å²) in [6.07, 6.45) is 15.1. The van der Waals surface area contributed by atoms with E-state index in [2.05, 4.69) is 23.7 Å². The fourth-order valence-electron chi connectivity index (χ4n) is 3.50. The molecule has 1 fully saturated rings. The number of rotatable bonds is 10. The van der Waals surface area contributed by atoms with Crippen LogP contribution in [-0.4, -0.2) is 16.0 Å². The SMILES string of the molecule is C=C/C=C(\C=C/C)c1cc(CC(=O)CC(CCC)C2CCC2)[nH]n1.CC. The van der Waals surface area contributed by atoms with Crippen molar-refractivity contribution in [3.63, 3.8) is 0 Å². The molecule has 1 aliphatic rings. The highest BCUT2D eigenvalue weighted by Gasteiger charge is 2.28. The third-order valence-electron chi connectivity index (χ3n) is 4.92. The van der Waals surface area contributed by atoms with Crippen LogP contribution in [0.1, 0.15) is 77.6 Å². The van der Waals surface area contributed by atoms with Crippen molar-refractivity contribution in [2.45, 2.75) is 72.6 Å². The lowest BCUT2D eigenvalue weighted by molar-refractivity contribution is -0.120. The Morgan fingerprint density at radius 1 is 1.42 bits per heavy atom. The number of aromatic nitrogens is 2. The van der Waals surface area contributed by atoms with Gasteiger partial charge in [-0.2, -0.15) is 5.10 Å². The molecular weight excluding hydrogens is 320 g/mol. The summed E-state index contributed by atoms with van der Waals surface area (Å²) in [7, 11) is 0. The predicted molar refractivity (Wildman–Crippen MR) is 112 cm³/mol. The van der Waals surface area contributed by atoms with Crippen molar-refractivity contribution >= 4 is 11.4 Å². The van der Waals surface area contributed by atoms with Gasteiger partial charge in [0.25, 0.3) is 0 Å². The molecule has 2 rings (SSSR count). The normalized spacial score (nSPS) is 15.9. The largest absolute Gasteiger partial charge is 0.299 e. The van der Waals surface area contributed by atoms with Crippen LogP contribution in [0.15, 0.2) is 36.9 Å². The maximum absolute atomic E-state index is 12.5. The minimum atomic E-state index is 0.329. The van der Waals surface area contributed by atoms with E-state index in [0.29, 0.717) is 18.1 Å². The van der Waals surface area contributed by atoms with Gasteiger partial charge < -0.3 is 0 Å². The summed E-state index contributed by atoms with van der Waals surface area (Å²) in [6, 6.07) is 1.98. The van der Waals surface area contributed by atoms with Gasteiger partial charge in [0.2, 0.25) is 0 Å². The van der Waals surface area contributed by atoms with Gasteiger partial charge in [-0.15, -0.1) is 0 Å². The minimum Gasteiger partial charge on any atom is -0.299 e. The summed E-state index contributed by atoms with van der Waals surface area (Å²) in [5.74, 6) is 1.69. The van der Waals surface area contributed by atoms with Crippen LogP contribution in [0.3, 0.4) is 0 Å². The molecule has 1 N–H and O–H groups in total. The monoisotopic (exact) mass is 356 g/mol. The average Bonchev–Trinajstić information content (AvgIpc) is 3.03. The molecule has 1 aromatic heterocycles. The smallest absolute Gasteiger partial charge is 0.139 e. The van der Waals surface area contributed by atoms with Gasteiger partial charge >= 0.3 is 0 Å². The van der Waals surface area contributed by atoms with E-state index in [1.165, 1.54) is 32.1 Å². The van der Waals surface area contributed by atoms with Crippen LogP contribution in [0.2, 0.25) is 0 Å². The Hall–Kier alpha value is -1.90. The predicted octanol–water partition coefficient (Wildman–Crippen LogP) is 6.30. The summed E-state index contributed by atoms with van der Waals surface area (Å²) < 4.78 is 0. The van der Waals surface area contributed by atoms with Gasteiger partial charge in [0.1, 0.15) is 5.78 Å².